The molecular formula is C19H22N2O3S. The van der Waals surface area contributed by atoms with E-state index in [4.69, 9.17) is 0 Å². The molecule has 6 heteroatoms. The minimum Gasteiger partial charge on any atom is -0.338 e. The summed E-state index contributed by atoms with van der Waals surface area (Å²) in [6, 6.07) is 17.0. The summed E-state index contributed by atoms with van der Waals surface area (Å²) < 4.78 is 25.5. The second kappa shape index (κ2) is 7.27. The Morgan fingerprint density at radius 2 is 1.68 bits per heavy atom. The van der Waals surface area contributed by atoms with Gasteiger partial charge >= 0.3 is 0 Å². The molecule has 0 fully saturated rings. The SMILES string of the molecule is CS(=O)(=O)N(CCC(=O)N1CCc2ccccc2C1)c1ccccc1. The number of nitrogens with zero attached hydrogens (tertiary/aromatic N) is 2. The molecule has 3 rings (SSSR count). The van der Waals surface area contributed by atoms with Crippen molar-refractivity contribution in [2.75, 3.05) is 23.7 Å². The zero-order valence-electron chi connectivity index (χ0n) is 14.3. The van der Waals surface area contributed by atoms with Gasteiger partial charge in [0.05, 0.1) is 11.9 Å². The average Bonchev–Trinajstić information content (AvgIpc) is 2.61. The fourth-order valence-corrected chi connectivity index (χ4v) is 4.07. The maximum absolute atomic E-state index is 12.6. The van der Waals surface area contributed by atoms with Gasteiger partial charge < -0.3 is 4.90 Å². The third kappa shape index (κ3) is 4.20. The Kier molecular flexibility index (Phi) is 5.08. The fourth-order valence-electron chi connectivity index (χ4n) is 3.14. The molecular weight excluding hydrogens is 336 g/mol. The van der Waals surface area contributed by atoms with Crippen LogP contribution in [-0.4, -0.2) is 38.6 Å². The number of hydrogen-bond donors (Lipinski definition) is 0. The molecule has 1 amide bonds. The summed E-state index contributed by atoms with van der Waals surface area (Å²) in [7, 11) is -3.43. The molecule has 0 unspecified atom stereocenters. The second-order valence-electron chi connectivity index (χ2n) is 6.25. The molecule has 0 spiro atoms. The molecule has 0 aliphatic carbocycles. The van der Waals surface area contributed by atoms with Gasteiger partial charge in [0, 0.05) is 26.1 Å². The number of carbonyl (C=O) groups excluding carboxylic acids is 1. The summed E-state index contributed by atoms with van der Waals surface area (Å²) in [5, 5.41) is 0. The molecule has 1 aliphatic rings. The van der Waals surface area contributed by atoms with E-state index in [1.54, 1.807) is 24.3 Å². The molecule has 25 heavy (non-hydrogen) atoms. The summed E-state index contributed by atoms with van der Waals surface area (Å²) >= 11 is 0. The van der Waals surface area contributed by atoms with Crippen LogP contribution in [0.1, 0.15) is 17.5 Å². The van der Waals surface area contributed by atoms with Gasteiger partial charge in [-0.2, -0.15) is 0 Å². The fraction of sp³-hybridized carbons (Fsp3) is 0.316. The Morgan fingerprint density at radius 1 is 1.04 bits per heavy atom. The van der Waals surface area contributed by atoms with Crippen LogP contribution in [0.2, 0.25) is 0 Å². The van der Waals surface area contributed by atoms with Crippen LogP contribution in [-0.2, 0) is 27.8 Å². The molecule has 0 saturated heterocycles. The van der Waals surface area contributed by atoms with E-state index in [2.05, 4.69) is 6.07 Å². The Morgan fingerprint density at radius 3 is 2.36 bits per heavy atom. The molecule has 1 aliphatic heterocycles. The van der Waals surface area contributed by atoms with Crippen molar-refractivity contribution in [3.05, 3.63) is 65.7 Å². The van der Waals surface area contributed by atoms with E-state index < -0.39 is 10.0 Å². The topological polar surface area (TPSA) is 57.7 Å². The normalized spacial score (nSPS) is 14.0. The van der Waals surface area contributed by atoms with Crippen molar-refractivity contribution in [2.45, 2.75) is 19.4 Å². The lowest BCUT2D eigenvalue weighted by atomic mass is 10.00. The molecule has 5 nitrogen and oxygen atoms in total. The van der Waals surface area contributed by atoms with E-state index in [-0.39, 0.29) is 18.9 Å². The lowest BCUT2D eigenvalue weighted by molar-refractivity contribution is -0.131. The Bertz CT molecular complexity index is 850. The van der Waals surface area contributed by atoms with Gasteiger partial charge in [-0.05, 0) is 29.7 Å². The lowest BCUT2D eigenvalue weighted by Crippen LogP contribution is -2.39. The minimum atomic E-state index is -3.43. The van der Waals surface area contributed by atoms with E-state index in [1.807, 2.05) is 29.2 Å². The number of hydrogen-bond acceptors (Lipinski definition) is 3. The average molecular weight is 358 g/mol. The van der Waals surface area contributed by atoms with Crippen LogP contribution in [0.3, 0.4) is 0 Å². The number of sulfonamides is 1. The summed E-state index contributed by atoms with van der Waals surface area (Å²) in [4.78, 5) is 14.4. The maximum Gasteiger partial charge on any atom is 0.232 e. The van der Waals surface area contributed by atoms with Crippen LogP contribution in [0, 0.1) is 0 Å². The third-order valence-corrected chi connectivity index (χ3v) is 5.65. The summed E-state index contributed by atoms with van der Waals surface area (Å²) in [5.74, 6) is -0.0147. The first-order valence-electron chi connectivity index (χ1n) is 8.32. The highest BCUT2D eigenvalue weighted by atomic mass is 32.2. The molecule has 0 aromatic heterocycles. The highest BCUT2D eigenvalue weighted by molar-refractivity contribution is 7.92. The molecule has 0 atom stereocenters. The van der Waals surface area contributed by atoms with Crippen molar-refractivity contribution in [3.63, 3.8) is 0 Å². The zero-order valence-corrected chi connectivity index (χ0v) is 15.1. The van der Waals surface area contributed by atoms with Crippen LogP contribution in [0.5, 0.6) is 0 Å². The van der Waals surface area contributed by atoms with Crippen molar-refractivity contribution in [2.24, 2.45) is 0 Å². The molecule has 2 aromatic rings. The van der Waals surface area contributed by atoms with Crippen molar-refractivity contribution >= 4 is 21.6 Å². The van der Waals surface area contributed by atoms with Crippen molar-refractivity contribution < 1.29 is 13.2 Å². The van der Waals surface area contributed by atoms with Gasteiger partial charge in [-0.3, -0.25) is 9.10 Å². The summed E-state index contributed by atoms with van der Waals surface area (Å²) in [6.07, 6.45) is 2.18. The number of fused-ring (bicyclic) bond motifs is 1. The smallest absolute Gasteiger partial charge is 0.232 e. The van der Waals surface area contributed by atoms with Crippen molar-refractivity contribution in [1.29, 1.82) is 0 Å². The number of benzene rings is 2. The van der Waals surface area contributed by atoms with Crippen molar-refractivity contribution in [1.82, 2.24) is 4.90 Å². The molecule has 0 saturated carbocycles. The van der Waals surface area contributed by atoms with Crippen LogP contribution in [0.15, 0.2) is 54.6 Å². The number of amides is 1. The number of para-hydroxylation sites is 1. The first-order chi connectivity index (χ1) is 11.9. The van der Waals surface area contributed by atoms with Crippen LogP contribution in [0.4, 0.5) is 5.69 Å². The molecule has 2 aromatic carbocycles. The first-order valence-corrected chi connectivity index (χ1v) is 10.2. The molecule has 1 heterocycles. The van der Waals surface area contributed by atoms with Gasteiger partial charge in [0.15, 0.2) is 0 Å². The largest absolute Gasteiger partial charge is 0.338 e. The van der Waals surface area contributed by atoms with Gasteiger partial charge in [-0.1, -0.05) is 42.5 Å². The van der Waals surface area contributed by atoms with E-state index in [1.165, 1.54) is 21.7 Å². The predicted octanol–water partition coefficient (Wildman–Crippen LogP) is 2.43. The Balaban J connectivity index is 1.67. The monoisotopic (exact) mass is 358 g/mol. The van der Waals surface area contributed by atoms with E-state index in [9.17, 15) is 13.2 Å². The highest BCUT2D eigenvalue weighted by Crippen LogP contribution is 2.20. The van der Waals surface area contributed by atoms with Crippen LogP contribution >= 0.6 is 0 Å². The summed E-state index contributed by atoms with van der Waals surface area (Å²) in [5.41, 5.74) is 3.04. The zero-order chi connectivity index (χ0) is 17.9. The Hall–Kier alpha value is -2.34. The first kappa shape index (κ1) is 17.5. The summed E-state index contributed by atoms with van der Waals surface area (Å²) in [6.45, 7) is 1.43. The van der Waals surface area contributed by atoms with E-state index >= 15 is 0 Å². The predicted molar refractivity (Wildman–Crippen MR) is 98.8 cm³/mol. The molecule has 0 bridgehead atoms. The van der Waals surface area contributed by atoms with Gasteiger partial charge in [-0.15, -0.1) is 0 Å². The second-order valence-corrected chi connectivity index (χ2v) is 8.16. The highest BCUT2D eigenvalue weighted by Gasteiger charge is 2.23. The molecule has 0 radical (unpaired) electrons. The van der Waals surface area contributed by atoms with Gasteiger partial charge in [0.25, 0.3) is 0 Å². The standard InChI is InChI=1S/C19H22N2O3S/c1-25(23,24)21(18-9-3-2-4-10-18)14-12-19(22)20-13-11-16-7-5-6-8-17(16)15-20/h2-10H,11-15H2,1H3. The minimum absolute atomic E-state index is 0.0147. The molecule has 0 N–H and O–H groups in total. The molecule has 132 valence electrons. The number of anilines is 1. The quantitative estimate of drug-likeness (QED) is 0.825. The van der Waals surface area contributed by atoms with Crippen molar-refractivity contribution in [3.8, 4) is 0 Å². The maximum atomic E-state index is 12.6. The van der Waals surface area contributed by atoms with Crippen LogP contribution < -0.4 is 4.31 Å². The Labute approximate surface area is 148 Å². The van der Waals surface area contributed by atoms with Gasteiger partial charge in [0.1, 0.15) is 0 Å². The number of carbonyl (C=O) groups is 1. The van der Waals surface area contributed by atoms with Gasteiger partial charge in [0.2, 0.25) is 15.9 Å². The van der Waals surface area contributed by atoms with Crippen LogP contribution in [0.25, 0.3) is 0 Å². The number of rotatable bonds is 5. The van der Waals surface area contributed by atoms with Gasteiger partial charge in [-0.25, -0.2) is 8.42 Å². The third-order valence-electron chi connectivity index (χ3n) is 4.46. The lowest BCUT2D eigenvalue weighted by Gasteiger charge is -2.30. The van der Waals surface area contributed by atoms with E-state index in [0.29, 0.717) is 18.8 Å². The van der Waals surface area contributed by atoms with E-state index in [0.717, 1.165) is 6.42 Å².